The van der Waals surface area contributed by atoms with Crippen molar-refractivity contribution in [2.45, 2.75) is 82.0 Å². The fourth-order valence-corrected chi connectivity index (χ4v) is 5.88. The van der Waals surface area contributed by atoms with Gasteiger partial charge < -0.3 is 23.7 Å². The van der Waals surface area contributed by atoms with Gasteiger partial charge in [0.1, 0.15) is 23.6 Å². The molecule has 220 valence electrons. The first-order valence-electron chi connectivity index (χ1n) is 12.5. The van der Waals surface area contributed by atoms with E-state index >= 15 is 0 Å². The topological polar surface area (TPSA) is 152 Å². The van der Waals surface area contributed by atoms with E-state index in [4.69, 9.17) is 23.7 Å². The first-order valence-corrected chi connectivity index (χ1v) is 13.3. The first kappa shape index (κ1) is 32.6. The second-order valence-corrected chi connectivity index (χ2v) is 11.1. The number of carbonyl (C=O) groups excluding carboxylic acids is 6. The molecule has 0 bridgehead atoms. The van der Waals surface area contributed by atoms with Crippen LogP contribution in [0, 0.1) is 5.92 Å². The minimum Gasteiger partial charge on any atom is -0.468 e. The summed E-state index contributed by atoms with van der Waals surface area (Å²) in [4.78, 5) is 75.7. The lowest BCUT2D eigenvalue weighted by atomic mass is 9.84. The molecule has 6 atom stereocenters. The van der Waals surface area contributed by atoms with Crippen molar-refractivity contribution < 1.29 is 52.5 Å². The van der Waals surface area contributed by atoms with E-state index in [1.54, 1.807) is 26.0 Å². The van der Waals surface area contributed by atoms with Crippen LogP contribution in [-0.2, 0) is 47.7 Å². The molecule has 2 rings (SSSR count). The smallest absolute Gasteiger partial charge is 0.417 e. The van der Waals surface area contributed by atoms with E-state index in [0.29, 0.717) is 0 Å². The molecule has 12 nitrogen and oxygen atoms in total. The molecule has 1 aliphatic rings. The Morgan fingerprint density at radius 3 is 2.10 bits per heavy atom. The fourth-order valence-electron chi connectivity index (χ4n) is 4.65. The van der Waals surface area contributed by atoms with Crippen LogP contribution in [0.15, 0.2) is 35.2 Å². The molecule has 0 aliphatic carbocycles. The van der Waals surface area contributed by atoms with Crippen molar-refractivity contribution in [2.24, 2.45) is 5.92 Å². The van der Waals surface area contributed by atoms with Crippen molar-refractivity contribution in [3.05, 3.63) is 30.3 Å². The Hall–Kier alpha value is -3.61. The van der Waals surface area contributed by atoms with Gasteiger partial charge in [-0.05, 0) is 19.1 Å². The molecule has 1 aromatic rings. The predicted octanol–water partition coefficient (Wildman–Crippen LogP) is 2.90. The summed E-state index contributed by atoms with van der Waals surface area (Å²) in [5.74, 6) is -4.29. The second-order valence-electron chi connectivity index (χ2n) is 9.53. The van der Waals surface area contributed by atoms with Gasteiger partial charge in [-0.3, -0.25) is 24.0 Å². The molecule has 0 spiro atoms. The van der Waals surface area contributed by atoms with Crippen LogP contribution in [0.5, 0.6) is 0 Å². The van der Waals surface area contributed by atoms with Gasteiger partial charge in [0.25, 0.3) is 0 Å². The molecule has 1 aliphatic heterocycles. The first-order chi connectivity index (χ1) is 18.7. The van der Waals surface area contributed by atoms with Gasteiger partial charge >= 0.3 is 30.0 Å². The average molecular weight is 582 g/mol. The predicted molar refractivity (Wildman–Crippen MR) is 141 cm³/mol. The van der Waals surface area contributed by atoms with Gasteiger partial charge in [-0.1, -0.05) is 25.1 Å². The molecule has 13 heteroatoms. The summed E-state index contributed by atoms with van der Waals surface area (Å²) in [6.45, 7) is 7.35. The standard InChI is InChI=1S/C27H35NO11S/c1-15(24(38-19(5)32)22(37-18(4)31)14-36-17(3)30)23-21(39-26(34)28(23)16(2)29)13-27(6,25(33)35-7)40-20-11-9-8-10-12-20/h8-12,15,21-24H,13-14H2,1-7H3/t15?,21-,22-,23+,24+,27+/m1/s1. The fraction of sp³-hybridized carbons (Fsp3) is 0.556. The van der Waals surface area contributed by atoms with Crippen LogP contribution in [0.2, 0.25) is 0 Å². The van der Waals surface area contributed by atoms with Crippen molar-refractivity contribution in [1.82, 2.24) is 4.90 Å². The zero-order chi connectivity index (χ0) is 30.2. The average Bonchev–Trinajstić information content (AvgIpc) is 3.19. The SMILES string of the molecule is COC(=O)[C@](C)(C[C@H]1OC(=O)N(C(C)=O)[C@H]1C(C)[C@H](OC(C)=O)[C@@H](COC(C)=O)OC(C)=O)Sc1ccccc1. The second kappa shape index (κ2) is 14.1. The number of imide groups is 1. The number of carbonyl (C=O) groups is 6. The van der Waals surface area contributed by atoms with Crippen molar-refractivity contribution in [2.75, 3.05) is 13.7 Å². The number of amides is 2. The van der Waals surface area contributed by atoms with Crippen molar-refractivity contribution in [1.29, 1.82) is 0 Å². The van der Waals surface area contributed by atoms with E-state index < -0.39 is 77.5 Å². The van der Waals surface area contributed by atoms with E-state index in [9.17, 15) is 28.8 Å². The van der Waals surface area contributed by atoms with Crippen LogP contribution in [-0.4, -0.2) is 83.6 Å². The quantitative estimate of drug-likeness (QED) is 0.203. The molecule has 1 aromatic carbocycles. The minimum absolute atomic E-state index is 0.0846. The van der Waals surface area contributed by atoms with Crippen molar-refractivity contribution >= 4 is 47.6 Å². The maximum Gasteiger partial charge on any atom is 0.417 e. The molecule has 40 heavy (non-hydrogen) atoms. The molecular weight excluding hydrogens is 546 g/mol. The zero-order valence-corrected chi connectivity index (χ0v) is 24.4. The van der Waals surface area contributed by atoms with Gasteiger partial charge in [0, 0.05) is 44.9 Å². The third-order valence-corrected chi connectivity index (χ3v) is 7.55. The Labute approximate surface area is 237 Å². The number of benzene rings is 1. The number of thioether (sulfide) groups is 1. The van der Waals surface area contributed by atoms with Crippen LogP contribution >= 0.6 is 11.8 Å². The molecular formula is C27H35NO11S. The van der Waals surface area contributed by atoms with Gasteiger partial charge in [0.05, 0.1) is 13.2 Å². The third kappa shape index (κ3) is 8.44. The third-order valence-electron chi connectivity index (χ3n) is 6.26. The van der Waals surface area contributed by atoms with Crippen molar-refractivity contribution in [3.63, 3.8) is 0 Å². The normalized spacial score (nSPS) is 20.3. The number of cyclic esters (lactones) is 1. The number of nitrogens with zero attached hydrogens (tertiary/aromatic N) is 1. The number of ether oxygens (including phenoxy) is 5. The molecule has 0 radical (unpaired) electrons. The Balaban J connectivity index is 2.55. The highest BCUT2D eigenvalue weighted by Gasteiger charge is 2.54. The number of hydrogen-bond donors (Lipinski definition) is 0. The summed E-state index contributed by atoms with van der Waals surface area (Å²) in [7, 11) is 1.24. The van der Waals surface area contributed by atoms with E-state index in [1.165, 1.54) is 25.8 Å². The van der Waals surface area contributed by atoms with E-state index in [-0.39, 0.29) is 6.42 Å². The lowest BCUT2D eigenvalue weighted by molar-refractivity contribution is -0.179. The summed E-state index contributed by atoms with van der Waals surface area (Å²) in [5.41, 5.74) is 0. The number of esters is 4. The van der Waals surface area contributed by atoms with Crippen LogP contribution in [0.25, 0.3) is 0 Å². The Bertz CT molecular complexity index is 1110. The van der Waals surface area contributed by atoms with Crippen LogP contribution in [0.3, 0.4) is 0 Å². The lowest BCUT2D eigenvalue weighted by Crippen LogP contribution is -2.54. The summed E-state index contributed by atoms with van der Waals surface area (Å²) in [6.07, 6.45) is -4.63. The number of hydrogen-bond acceptors (Lipinski definition) is 12. The lowest BCUT2D eigenvalue weighted by Gasteiger charge is -2.37. The summed E-state index contributed by atoms with van der Waals surface area (Å²) in [5, 5.41) is 0. The van der Waals surface area contributed by atoms with Crippen molar-refractivity contribution in [3.8, 4) is 0 Å². The minimum atomic E-state index is -1.27. The van der Waals surface area contributed by atoms with E-state index in [2.05, 4.69) is 0 Å². The molecule has 1 saturated heterocycles. The molecule has 1 heterocycles. The molecule has 2 amide bonds. The Morgan fingerprint density at radius 1 is 1.00 bits per heavy atom. The maximum absolute atomic E-state index is 13.0. The van der Waals surface area contributed by atoms with E-state index in [0.717, 1.165) is 30.6 Å². The highest BCUT2D eigenvalue weighted by molar-refractivity contribution is 8.01. The number of rotatable bonds is 12. The largest absolute Gasteiger partial charge is 0.468 e. The molecule has 0 aromatic heterocycles. The van der Waals surface area contributed by atoms with Crippen LogP contribution < -0.4 is 0 Å². The molecule has 0 N–H and O–H groups in total. The van der Waals surface area contributed by atoms with Gasteiger partial charge in [0.2, 0.25) is 5.91 Å². The highest BCUT2D eigenvalue weighted by atomic mass is 32.2. The Kier molecular flexibility index (Phi) is 11.5. The van der Waals surface area contributed by atoms with Gasteiger partial charge in [-0.15, -0.1) is 11.8 Å². The maximum atomic E-state index is 13.0. The summed E-state index contributed by atoms with van der Waals surface area (Å²) in [6, 6.07) is 7.99. The molecule has 0 saturated carbocycles. The van der Waals surface area contributed by atoms with Gasteiger partial charge in [-0.25, -0.2) is 9.69 Å². The number of methoxy groups -OCH3 is 1. The van der Waals surface area contributed by atoms with Crippen LogP contribution in [0.4, 0.5) is 4.79 Å². The van der Waals surface area contributed by atoms with E-state index in [1.807, 2.05) is 18.2 Å². The summed E-state index contributed by atoms with van der Waals surface area (Å²) < 4.78 is 25.3. The van der Waals surface area contributed by atoms with Gasteiger partial charge in [0.15, 0.2) is 6.10 Å². The van der Waals surface area contributed by atoms with Gasteiger partial charge in [-0.2, -0.15) is 0 Å². The monoisotopic (exact) mass is 581 g/mol. The highest BCUT2D eigenvalue weighted by Crippen LogP contribution is 2.42. The summed E-state index contributed by atoms with van der Waals surface area (Å²) >= 11 is 1.20. The molecule has 1 unspecified atom stereocenters. The molecule has 1 fully saturated rings. The van der Waals surface area contributed by atoms with Crippen LogP contribution in [0.1, 0.15) is 48.0 Å². The Morgan fingerprint density at radius 2 is 1.60 bits per heavy atom. The zero-order valence-electron chi connectivity index (χ0n) is 23.5.